The van der Waals surface area contributed by atoms with Gasteiger partial charge in [0.2, 0.25) is 0 Å². The first-order chi connectivity index (χ1) is 13.9. The van der Waals surface area contributed by atoms with Crippen molar-refractivity contribution < 1.29 is 43.4 Å². The van der Waals surface area contributed by atoms with E-state index in [1.165, 1.54) is 28.3 Å². The van der Waals surface area contributed by atoms with E-state index < -0.39 is 28.0 Å². The van der Waals surface area contributed by atoms with Crippen LogP contribution in [0.15, 0.2) is 82.2 Å². The minimum absolute atomic E-state index is 0. The summed E-state index contributed by atoms with van der Waals surface area (Å²) in [4.78, 5) is 0. The molecular weight excluding hydrogens is 531 g/mol. The predicted octanol–water partition coefficient (Wildman–Crippen LogP) is 1.42. The van der Waals surface area contributed by atoms with Crippen molar-refractivity contribution in [1.82, 2.24) is 0 Å². The van der Waals surface area contributed by atoms with Crippen LogP contribution in [0.25, 0.3) is 21.9 Å². The third-order valence-electron chi connectivity index (χ3n) is 9.00. The second-order valence-corrected chi connectivity index (χ2v) is 69.2. The van der Waals surface area contributed by atoms with Crippen LogP contribution in [0.2, 0.25) is 26.2 Å². The first kappa shape index (κ1) is 23.5. The van der Waals surface area contributed by atoms with Crippen LogP contribution in [0.3, 0.4) is 0 Å². The Balaban J connectivity index is 0.00000116. The van der Waals surface area contributed by atoms with Gasteiger partial charge in [0.15, 0.2) is 0 Å². The summed E-state index contributed by atoms with van der Waals surface area (Å²) >= 11 is -2.61. The van der Waals surface area contributed by atoms with Crippen LogP contribution >= 0.6 is 0 Å². The van der Waals surface area contributed by atoms with Gasteiger partial charge in [-0.05, 0) is 0 Å². The fourth-order valence-electron chi connectivity index (χ4n) is 7.25. The Bertz CT molecular complexity index is 1250. The number of fused-ring (bicyclic) bond motifs is 5. The van der Waals surface area contributed by atoms with E-state index in [0.717, 1.165) is 3.63 Å². The Labute approximate surface area is 202 Å². The molecule has 0 amide bonds. The van der Waals surface area contributed by atoms with E-state index in [1.54, 1.807) is 11.1 Å². The van der Waals surface area contributed by atoms with Gasteiger partial charge in [-0.15, -0.1) is 0 Å². The molecule has 0 saturated carbocycles. The molecule has 0 spiro atoms. The third kappa shape index (κ3) is 2.68. The van der Waals surface area contributed by atoms with E-state index in [-0.39, 0.29) is 24.8 Å². The van der Waals surface area contributed by atoms with E-state index in [1.807, 2.05) is 3.28 Å². The van der Waals surface area contributed by atoms with Crippen LogP contribution in [0.1, 0.15) is 21.2 Å². The van der Waals surface area contributed by atoms with Gasteiger partial charge >= 0.3 is 179 Å². The smallest absolute Gasteiger partial charge is 1.00 e. The Morgan fingerprint density at radius 1 is 0.774 bits per heavy atom. The van der Waals surface area contributed by atoms with Crippen LogP contribution < -0.4 is 24.8 Å². The fourth-order valence-corrected chi connectivity index (χ4v) is 171. The number of halogens is 2. The largest absolute Gasteiger partial charge is 1.00 e. The van der Waals surface area contributed by atoms with E-state index in [4.69, 9.17) is 0 Å². The second-order valence-electron chi connectivity index (χ2n) is 10.2. The molecule has 3 aromatic rings. The molecule has 1 fully saturated rings. The molecule has 2 aliphatic carbocycles. The van der Waals surface area contributed by atoms with Crippen molar-refractivity contribution >= 4 is 20.2 Å². The van der Waals surface area contributed by atoms with Crippen LogP contribution in [-0.2, 0) is 18.6 Å². The van der Waals surface area contributed by atoms with Crippen molar-refractivity contribution in [3.05, 3.63) is 93.3 Å². The molecule has 1 aliphatic heterocycles. The van der Waals surface area contributed by atoms with Gasteiger partial charge in [0.25, 0.3) is 0 Å². The van der Waals surface area contributed by atoms with Crippen molar-refractivity contribution in [3.63, 3.8) is 0 Å². The molecule has 1 unspecified atom stereocenters. The molecule has 6 rings (SSSR count). The number of benzene rings is 3. The maximum atomic E-state index is 2.79. The van der Waals surface area contributed by atoms with Gasteiger partial charge in [0.1, 0.15) is 0 Å². The predicted molar refractivity (Wildman–Crippen MR) is 128 cm³/mol. The topological polar surface area (TPSA) is 0 Å². The van der Waals surface area contributed by atoms with Gasteiger partial charge in [0.05, 0.1) is 0 Å². The Morgan fingerprint density at radius 2 is 1.45 bits per heavy atom. The zero-order valence-corrected chi connectivity index (χ0v) is 24.5. The quantitative estimate of drug-likeness (QED) is 0.418. The Kier molecular flexibility index (Phi) is 5.80. The van der Waals surface area contributed by atoms with Gasteiger partial charge in [-0.1, -0.05) is 0 Å². The normalized spacial score (nSPS) is 21.7. The van der Waals surface area contributed by atoms with Crippen molar-refractivity contribution in [2.75, 3.05) is 0 Å². The molecule has 0 bridgehead atoms. The molecule has 0 nitrogen and oxygen atoms in total. The molecular formula is C26H28Cl2Si2Zr. The summed E-state index contributed by atoms with van der Waals surface area (Å²) in [6.07, 6.45) is 8.64. The fraction of sp³-hybridized carbons (Fsp3) is 0.231. The van der Waals surface area contributed by atoms with E-state index in [2.05, 4.69) is 105 Å². The number of allylic oxidation sites excluding steroid dienone is 4. The average Bonchev–Trinajstić information content (AvgIpc) is 3.21. The number of hydrogen-bond acceptors (Lipinski definition) is 0. The van der Waals surface area contributed by atoms with Crippen molar-refractivity contribution in [1.29, 1.82) is 0 Å². The zero-order chi connectivity index (χ0) is 20.0. The third-order valence-corrected chi connectivity index (χ3v) is 122. The first-order valence-corrected chi connectivity index (χ1v) is 27.9. The summed E-state index contributed by atoms with van der Waals surface area (Å²) in [6, 6.07) is 23.4. The van der Waals surface area contributed by atoms with Crippen molar-refractivity contribution in [2.24, 2.45) is 0 Å². The van der Waals surface area contributed by atoms with Crippen LogP contribution in [0.4, 0.5) is 0 Å². The van der Waals surface area contributed by atoms with E-state index >= 15 is 0 Å². The SMILES string of the molecule is C[Si]1(C)[Si](C)(C)[Zr+2]1([C]1=CC=CC1)[CH]1c2ccccc2-c2ccc3ccccc3c21.[Cl-].[Cl-]. The summed E-state index contributed by atoms with van der Waals surface area (Å²) in [6.45, 7) is 11.2. The van der Waals surface area contributed by atoms with E-state index in [9.17, 15) is 0 Å². The molecule has 31 heavy (non-hydrogen) atoms. The van der Waals surface area contributed by atoms with Gasteiger partial charge in [0, 0.05) is 0 Å². The molecule has 5 heteroatoms. The molecule has 3 aliphatic rings. The van der Waals surface area contributed by atoms with E-state index in [0.29, 0.717) is 0 Å². The summed E-state index contributed by atoms with van der Waals surface area (Å²) in [5, 5.41) is 2.94. The summed E-state index contributed by atoms with van der Waals surface area (Å²) in [5.41, 5.74) is 6.46. The second kappa shape index (κ2) is 7.67. The first-order valence-electron chi connectivity index (χ1n) is 10.9. The standard InChI is InChI=1S/C17H11.C5H5.C4H12Si2.2ClH.Zr/c1-3-7-14-12(5-1)9-10-16-15-8-4-2-6-13(15)11-17(14)16;1-2-4-5-3-1;1-5(2)6(3)4;;;/h1-11H;1-3H,4H2;1-4H3;2*1H;/q;;;;;+2/p-2. The Morgan fingerprint density at radius 3 is 2.13 bits per heavy atom. The summed E-state index contributed by atoms with van der Waals surface area (Å²) < 4.78 is 0.320. The zero-order valence-electron chi connectivity index (χ0n) is 18.5. The van der Waals surface area contributed by atoms with Gasteiger partial charge in [-0.2, -0.15) is 0 Å². The maximum Gasteiger partial charge on any atom is -1.00 e. The summed E-state index contributed by atoms with van der Waals surface area (Å²) in [5.74, 6) is 0. The van der Waals surface area contributed by atoms with Crippen molar-refractivity contribution in [2.45, 2.75) is 36.2 Å². The van der Waals surface area contributed by atoms with Crippen molar-refractivity contribution in [3.8, 4) is 11.1 Å². The van der Waals surface area contributed by atoms with Gasteiger partial charge < -0.3 is 24.8 Å². The monoisotopic (exact) mass is 556 g/mol. The number of hydrogen-bond donors (Lipinski definition) is 0. The molecule has 1 heterocycles. The molecule has 1 saturated heterocycles. The van der Waals surface area contributed by atoms with Gasteiger partial charge in [-0.25, -0.2) is 0 Å². The Hall–Kier alpha value is -0.703. The average molecular weight is 559 g/mol. The molecule has 0 aromatic heterocycles. The molecule has 0 N–H and O–H groups in total. The van der Waals surface area contributed by atoms with Crippen LogP contribution in [0.5, 0.6) is 0 Å². The minimum atomic E-state index is -2.61. The molecule has 3 aromatic carbocycles. The molecule has 158 valence electrons. The minimum Gasteiger partial charge on any atom is -1.00 e. The van der Waals surface area contributed by atoms with Crippen LogP contribution in [-0.4, -0.2) is 9.44 Å². The molecule has 0 radical (unpaired) electrons. The maximum absolute atomic E-state index is 2.79. The van der Waals surface area contributed by atoms with Crippen LogP contribution in [0, 0.1) is 0 Å². The number of rotatable bonds is 2. The molecule has 1 atom stereocenters. The van der Waals surface area contributed by atoms with Gasteiger partial charge in [-0.3, -0.25) is 0 Å². The summed E-state index contributed by atoms with van der Waals surface area (Å²) in [7, 11) is 0.